The number of phosphoric ester groups is 4. The number of nitrogens with one attached hydrogen (secondary N) is 4. The molecule has 140 heavy (non-hydrogen) atoms. The molecule has 2 aliphatic carbocycles. The van der Waals surface area contributed by atoms with Crippen LogP contribution < -0.4 is 22.2 Å². The summed E-state index contributed by atoms with van der Waals surface area (Å²) in [5.74, 6) is -1.41. The standard InChI is InChI=1S/C19H23N4O14P3.C15H23N4O13P3.C12H17N4O14P3.C12H19N4O13P3/c1-9-3-5-11(6-4-9)19-34-14-12(7-32-39(28,29)37-40(30,31)36-38(25,26)27)33-18(15(14)35-19)23-8-20-13-16(23)21-10(2)22-17(13)24;1-7-17-13-10(14(20)18-7)16-6-19(13)9-4-8(11-12(9)30-15(2,3)29-11)5-28-34(24,25)32-35(26,27)31-33(21,22)23;1-5-14-9-6(10(18)15-5)13-4-16(9)11-7-8(17)12(28-11,2-26-7)3-27-32(22,23)30-33(24,25)29-31(19,20)21;1-5-14-11-8(12(19)15-5)13-4-16(11)7-2-6(9(17)10(7)18)3-27-31(23,24)29-32(25,26)28-30(20,21)22/h3-6,8,12,14-15,18-19H,7H2,1-2H3,(H,28,29)(H,30,31)(H,21,22,24)(H2,25,26,27);6,8-9,11-12H,4-5H2,1-3H3,(H,24,25)(H,26,27)(H,17,18,20)(H2,21,22,23);4,7-8,11,17H,2-3H2,1H3,(H,22,23)(H,24,25)(H,14,15,18)(H2,19,20,21);4,6-7,9-10,17-18H,2-3H2,1H3,(H,23,24)(H,25,26)(H,14,15,19)(H2,20,21,22)/t12-,14?,15+,18-,19?;8-,9-,11?,12-;7-,8?,11+,12+;6-,7-,9?,10-/m1101/s1. The highest BCUT2D eigenvalue weighted by molar-refractivity contribution is 7.68. The number of aromatic amines is 4. The first-order valence-electron chi connectivity index (χ1n) is 38.9. The zero-order chi connectivity index (χ0) is 103. The van der Waals surface area contributed by atoms with Crippen molar-refractivity contribution in [2.75, 3.05) is 33.0 Å². The van der Waals surface area contributed by atoms with Crippen LogP contribution in [-0.4, -0.2) is 271 Å². The number of aliphatic hydroxyl groups is 3. The third-order valence-corrected chi connectivity index (χ3v) is 35.6. The number of aliphatic hydroxyl groups excluding tert-OH is 3. The number of fused-ring (bicyclic) bond motifs is 8. The molecule has 82 heteroatoms. The van der Waals surface area contributed by atoms with E-state index in [2.05, 4.69) is 103 Å². The molecule has 2 bridgehead atoms. The van der Waals surface area contributed by atoms with Crippen molar-refractivity contribution < 1.29 is 234 Å². The fourth-order valence-corrected chi connectivity index (χ4v) is 27.6. The van der Waals surface area contributed by atoms with Gasteiger partial charge in [-0.1, -0.05) is 29.8 Å². The first-order valence-corrected chi connectivity index (χ1v) is 56.9. The Morgan fingerprint density at radius 3 is 1.15 bits per heavy atom. The summed E-state index contributed by atoms with van der Waals surface area (Å²) in [6.45, 7) is 8.18. The summed E-state index contributed by atoms with van der Waals surface area (Å²) in [5.41, 5.74) is -1.19. The van der Waals surface area contributed by atoms with Crippen LogP contribution in [0.4, 0.5) is 0 Å². The quantitative estimate of drug-likeness (QED) is 0.0244. The van der Waals surface area contributed by atoms with Crippen molar-refractivity contribution in [1.29, 1.82) is 0 Å². The molecule has 0 spiro atoms. The first kappa shape index (κ1) is 111. The number of nitrogens with zero attached hydrogens (tertiary/aromatic N) is 12. The van der Waals surface area contributed by atoms with Gasteiger partial charge < -0.3 is 156 Å². The zero-order valence-electron chi connectivity index (χ0n) is 71.3. The fourth-order valence-electron chi connectivity index (χ4n) is 15.3. The lowest BCUT2D eigenvalue weighted by atomic mass is 10.0. The Hall–Kier alpha value is -6.14. The first-order chi connectivity index (χ1) is 64.3. The molecule has 0 radical (unpaired) electrons. The van der Waals surface area contributed by atoms with E-state index in [-0.39, 0.29) is 70.1 Å². The largest absolute Gasteiger partial charge is 0.490 e. The molecule has 16 rings (SSSR count). The van der Waals surface area contributed by atoms with Gasteiger partial charge in [0, 0.05) is 17.4 Å². The molecule has 25 atom stereocenters. The van der Waals surface area contributed by atoms with Gasteiger partial charge in [-0.2, -0.15) is 34.5 Å². The Labute approximate surface area is 776 Å². The third kappa shape index (κ3) is 27.2. The van der Waals surface area contributed by atoms with E-state index >= 15 is 0 Å². The summed E-state index contributed by atoms with van der Waals surface area (Å²) in [5, 5.41) is 31.3. The second-order valence-corrected chi connectivity index (χ2v) is 49.1. The lowest BCUT2D eigenvalue weighted by molar-refractivity contribution is -0.183. The average Bonchev–Trinajstić information content (AvgIpc) is 1.57. The minimum atomic E-state index is -5.71. The van der Waals surface area contributed by atoms with E-state index in [1.54, 1.807) is 44.4 Å². The lowest BCUT2D eigenvalue weighted by Gasteiger charge is -2.31. The topological polar surface area (TPSA) is 1020 Å². The minimum absolute atomic E-state index is 0.00555. The molecule has 7 fully saturated rings. The lowest BCUT2D eigenvalue weighted by Crippen LogP contribution is -2.44. The average molecular weight is 2240 g/mol. The Kier molecular flexibility index (Phi) is 32.4. The van der Waals surface area contributed by atoms with Crippen LogP contribution in [0.5, 0.6) is 0 Å². The van der Waals surface area contributed by atoms with Gasteiger partial charge in [0.2, 0.25) is 0 Å². The van der Waals surface area contributed by atoms with Crippen LogP contribution in [0.2, 0.25) is 0 Å². The fraction of sp³-hybridized carbons (Fsp3) is 0.552. The van der Waals surface area contributed by atoms with Crippen LogP contribution >= 0.6 is 93.9 Å². The van der Waals surface area contributed by atoms with Crippen molar-refractivity contribution in [3.63, 3.8) is 0 Å². The van der Waals surface area contributed by atoms with Crippen LogP contribution in [0.15, 0.2) is 68.8 Å². The van der Waals surface area contributed by atoms with Crippen LogP contribution in [0.3, 0.4) is 0 Å². The maximum atomic E-state index is 12.3. The predicted molar refractivity (Wildman–Crippen MR) is 447 cm³/mol. The third-order valence-electron chi connectivity index (χ3n) is 20.4. The van der Waals surface area contributed by atoms with Gasteiger partial charge in [0.1, 0.15) is 71.6 Å². The zero-order valence-corrected chi connectivity index (χ0v) is 82.1. The van der Waals surface area contributed by atoms with E-state index in [0.29, 0.717) is 22.9 Å². The van der Waals surface area contributed by atoms with Crippen molar-refractivity contribution in [3.05, 3.63) is 125 Å². The van der Waals surface area contributed by atoms with E-state index in [1.165, 1.54) is 52.9 Å². The molecule has 5 saturated heterocycles. The number of H-pyrrole nitrogens is 4. The Morgan fingerprint density at radius 1 is 0.386 bits per heavy atom. The molecule has 778 valence electrons. The maximum Gasteiger partial charge on any atom is 0.490 e. The van der Waals surface area contributed by atoms with Crippen molar-refractivity contribution >= 4 is 139 Å². The molecule has 2 saturated carbocycles. The molecule has 5 aliphatic heterocycles. The van der Waals surface area contributed by atoms with Gasteiger partial charge in [-0.15, -0.1) is 0 Å². The van der Waals surface area contributed by atoms with Crippen molar-refractivity contribution in [3.8, 4) is 0 Å². The molecule has 1 aromatic carbocycles. The summed E-state index contributed by atoms with van der Waals surface area (Å²) in [6.07, 6.45) is -7.25. The maximum absolute atomic E-state index is 12.3. The van der Waals surface area contributed by atoms with E-state index in [0.717, 1.165) is 5.56 Å². The SMILES string of the molecule is Cc1ccc(C2OC3[C@@H](COP(=O)(O)OP(=O)(O)OP(=O)(O)O)O[C@@H](n4cnc5c(=O)[nH]c(C)nc54)[C@H]3O2)cc1.Cc1nc2c(ncn2[C@@H]2C[C@H](COP(=O)(O)OP(=O)(O)OP(=O)(O)O)C(O)[C@@H]2O)c(=O)[nH]1.Cc1nc2c(ncn2[C@@H]2C[C@H](COP(=O)(O)OP(=O)(O)OP(=O)(O)O)C3OC(C)(C)O[C@@H]32)c(=O)[nH]1.Cc1nc2c(ncn2[C@@H]2O[C@@]3(COP(=O)(O)OP(=O)(O)OP(=O)(O)O)CO[C@H]2C3O)c(=O)[nH]1. The van der Waals surface area contributed by atoms with Gasteiger partial charge in [-0.25, -0.2) is 94.7 Å². The highest BCUT2D eigenvalue weighted by Crippen LogP contribution is 2.71. The molecule has 9 aromatic rings. The van der Waals surface area contributed by atoms with E-state index in [1.807, 2.05) is 19.1 Å². The number of hydrogen-bond acceptors (Lipinski definition) is 46. The van der Waals surface area contributed by atoms with Crippen molar-refractivity contribution in [2.45, 2.75) is 158 Å². The van der Waals surface area contributed by atoms with Crippen molar-refractivity contribution in [1.82, 2.24) is 78.1 Å². The number of aromatic nitrogens is 16. The minimum Gasteiger partial charge on any atom is -0.390 e. The van der Waals surface area contributed by atoms with Crippen molar-refractivity contribution in [2.24, 2.45) is 11.8 Å². The second-order valence-electron chi connectivity index (χ2n) is 31.4. The normalized spacial score (nSPS) is 29.1. The van der Waals surface area contributed by atoms with Gasteiger partial charge in [0.25, 0.3) is 22.2 Å². The number of benzene rings is 1. The molecule has 0 amide bonds. The second kappa shape index (κ2) is 40.8. The van der Waals surface area contributed by atoms with Crippen LogP contribution in [0, 0.1) is 46.5 Å². The van der Waals surface area contributed by atoms with Gasteiger partial charge in [0.05, 0.1) is 82.6 Å². The monoisotopic (exact) mass is 2240 g/mol. The number of rotatable bonds is 33. The molecule has 13 heterocycles. The van der Waals surface area contributed by atoms with Gasteiger partial charge in [0.15, 0.2) is 69.2 Å². The summed E-state index contributed by atoms with van der Waals surface area (Å²) < 4.78 is 233. The van der Waals surface area contributed by atoms with Gasteiger partial charge in [-0.05, 0) is 61.3 Å². The predicted octanol–water partition coefficient (Wildman–Crippen LogP) is 0.165. The van der Waals surface area contributed by atoms with Gasteiger partial charge in [-0.3, -0.25) is 46.4 Å². The number of aryl methyl sites for hydroxylation is 5. The molecule has 70 nitrogen and oxygen atoms in total. The van der Waals surface area contributed by atoms with E-state index < -0.39 is 252 Å². The molecular formula is C58H82N16O54P12. The Balaban J connectivity index is 0.000000158. The van der Waals surface area contributed by atoms with E-state index in [9.17, 15) is 124 Å². The number of phosphoric acid groups is 12. The number of hydrogen-bond donors (Lipinski definition) is 23. The Bertz CT molecular complexity index is 7090. The number of imidazole rings is 4. The molecular weight excluding hydrogens is 2160 g/mol. The highest BCUT2D eigenvalue weighted by Gasteiger charge is 2.64. The van der Waals surface area contributed by atoms with Crippen LogP contribution in [0.25, 0.3) is 44.7 Å². The van der Waals surface area contributed by atoms with Crippen LogP contribution in [0.1, 0.15) is 91.9 Å². The highest BCUT2D eigenvalue weighted by atomic mass is 31.3. The molecule has 7 aliphatic rings. The van der Waals surface area contributed by atoms with Gasteiger partial charge >= 0.3 is 93.9 Å². The molecule has 13 unspecified atom stereocenters. The summed E-state index contributed by atoms with van der Waals surface area (Å²) >= 11 is 0. The molecule has 23 N–H and O–H groups in total. The van der Waals surface area contributed by atoms with E-state index in [4.69, 9.17) is 86.2 Å². The smallest absolute Gasteiger partial charge is 0.390 e. The molecule has 8 aromatic heterocycles. The number of ether oxygens (including phenoxy) is 7. The summed E-state index contributed by atoms with van der Waals surface area (Å²) in [4.78, 5) is 237. The summed E-state index contributed by atoms with van der Waals surface area (Å²) in [6, 6.07) is 5.93. The van der Waals surface area contributed by atoms with Crippen LogP contribution in [-0.2, 0) is 141 Å². The Morgan fingerprint density at radius 2 is 0.736 bits per heavy atom. The summed E-state index contributed by atoms with van der Waals surface area (Å²) in [7, 11) is -66.5.